The molecule has 0 saturated heterocycles. The van der Waals surface area contributed by atoms with Gasteiger partial charge in [0.25, 0.3) is 0 Å². The third kappa shape index (κ3) is 3.53. The maximum atomic E-state index is 14.4. The minimum Gasteiger partial charge on any atom is -0.281 e. The van der Waals surface area contributed by atoms with E-state index < -0.39 is 97.9 Å². The first-order valence-corrected chi connectivity index (χ1v) is 7.46. The summed E-state index contributed by atoms with van der Waals surface area (Å²) in [5.74, 6) is -35.4. The zero-order chi connectivity index (χ0) is 23.5. The van der Waals surface area contributed by atoms with Gasteiger partial charge in [0.1, 0.15) is 0 Å². The SMILES string of the molecule is Fc1[c-]c(F)c(F)c(-c2c(F)c(F)c(-c3c(F)c(F)c(F)c(F)c3F)c(F)c2F)c1F.[Li+]. The van der Waals surface area contributed by atoms with Crippen LogP contribution in [0.2, 0.25) is 0 Å². The second kappa shape index (κ2) is 8.71. The van der Waals surface area contributed by atoms with Crippen LogP contribution in [0.5, 0.6) is 0 Å². The molecule has 3 aromatic rings. The molecule has 0 unspecified atom stereocenters. The molecule has 3 rings (SSSR count). The molecular weight excluding hydrogens is 470 g/mol. The monoisotopic (exact) mass is 470 g/mol. The summed E-state index contributed by atoms with van der Waals surface area (Å²) >= 11 is 0. The van der Waals surface area contributed by atoms with Gasteiger partial charge in [-0.2, -0.15) is 0 Å². The molecule has 0 fully saturated rings. The van der Waals surface area contributed by atoms with E-state index in [2.05, 4.69) is 0 Å². The van der Waals surface area contributed by atoms with Gasteiger partial charge in [-0.1, -0.05) is 0 Å². The number of hydrogen-bond acceptors (Lipinski definition) is 0. The van der Waals surface area contributed by atoms with E-state index >= 15 is 0 Å². The average Bonchev–Trinajstić information content (AvgIpc) is 2.72. The minimum atomic E-state index is -2.88. The minimum absolute atomic E-state index is 0. The standard InChI is InChI=1S/C18F13.Li/c19-2-1-3(20)9(22)4(8(2)21)5-10(23)12(25)6(13(26)11(5)24)7-14(27)16(29)18(31)17(30)15(7)28;/q-1;+1. The van der Waals surface area contributed by atoms with Crippen LogP contribution in [-0.4, -0.2) is 0 Å². The van der Waals surface area contributed by atoms with Gasteiger partial charge in [-0.25, -0.2) is 48.3 Å². The van der Waals surface area contributed by atoms with Crippen molar-refractivity contribution in [3.05, 3.63) is 81.7 Å². The summed E-state index contributed by atoms with van der Waals surface area (Å²) in [4.78, 5) is 0. The van der Waals surface area contributed by atoms with Gasteiger partial charge in [0.2, 0.25) is 5.82 Å². The molecule has 0 radical (unpaired) electrons. The smallest absolute Gasteiger partial charge is 0.281 e. The van der Waals surface area contributed by atoms with Crippen molar-refractivity contribution in [1.82, 2.24) is 0 Å². The molecular formula is C18F13Li. The normalized spacial score (nSPS) is 11.0. The maximum Gasteiger partial charge on any atom is 1.00 e. The fourth-order valence-corrected chi connectivity index (χ4v) is 2.64. The molecule has 0 amide bonds. The third-order valence-corrected chi connectivity index (χ3v) is 4.02. The molecule has 0 saturated carbocycles. The number of halogens is 13. The first-order chi connectivity index (χ1) is 14.3. The van der Waals surface area contributed by atoms with E-state index in [9.17, 15) is 57.1 Å². The van der Waals surface area contributed by atoms with Crippen LogP contribution in [0.15, 0.2) is 0 Å². The van der Waals surface area contributed by atoms with Crippen molar-refractivity contribution in [2.75, 3.05) is 0 Å². The Bertz CT molecular complexity index is 1180. The maximum absolute atomic E-state index is 14.4. The van der Waals surface area contributed by atoms with Crippen molar-refractivity contribution in [1.29, 1.82) is 0 Å². The van der Waals surface area contributed by atoms with Crippen LogP contribution >= 0.6 is 0 Å². The second-order valence-corrected chi connectivity index (χ2v) is 5.71. The molecule has 0 aliphatic rings. The predicted octanol–water partition coefficient (Wildman–Crippen LogP) is 3.63. The zero-order valence-electron chi connectivity index (χ0n) is 14.9. The molecule has 0 aliphatic carbocycles. The summed E-state index contributed by atoms with van der Waals surface area (Å²) in [5, 5.41) is 0. The van der Waals surface area contributed by atoms with E-state index in [4.69, 9.17) is 0 Å². The van der Waals surface area contributed by atoms with Crippen LogP contribution in [0.4, 0.5) is 57.1 Å². The Kier molecular flexibility index (Phi) is 6.97. The molecule has 0 bridgehead atoms. The fourth-order valence-electron chi connectivity index (χ4n) is 2.64. The Balaban J connectivity index is 0.00000363. The molecule has 3 aromatic carbocycles. The van der Waals surface area contributed by atoms with E-state index in [1.54, 1.807) is 0 Å². The quantitative estimate of drug-likeness (QED) is 0.177. The van der Waals surface area contributed by atoms with Gasteiger partial charge in [-0.15, -0.1) is 6.07 Å². The molecule has 0 heterocycles. The van der Waals surface area contributed by atoms with Crippen LogP contribution in [0.1, 0.15) is 0 Å². The van der Waals surface area contributed by atoms with Crippen LogP contribution < -0.4 is 18.9 Å². The Morgan fingerprint density at radius 2 is 0.469 bits per heavy atom. The van der Waals surface area contributed by atoms with Crippen molar-refractivity contribution >= 4 is 0 Å². The van der Waals surface area contributed by atoms with Crippen molar-refractivity contribution in [2.45, 2.75) is 0 Å². The van der Waals surface area contributed by atoms with Crippen molar-refractivity contribution in [2.24, 2.45) is 0 Å². The summed E-state index contributed by atoms with van der Waals surface area (Å²) in [6.45, 7) is 0. The van der Waals surface area contributed by atoms with E-state index in [0.29, 0.717) is 0 Å². The van der Waals surface area contributed by atoms with Gasteiger partial charge in [-0.05, 0) is 5.56 Å². The Labute approximate surface area is 180 Å². The summed E-state index contributed by atoms with van der Waals surface area (Å²) < 4.78 is 179. The molecule has 0 aliphatic heterocycles. The molecule has 164 valence electrons. The molecule has 0 aromatic heterocycles. The van der Waals surface area contributed by atoms with E-state index in [-0.39, 0.29) is 18.9 Å². The van der Waals surface area contributed by atoms with Gasteiger partial charge in [0.15, 0.2) is 46.5 Å². The van der Waals surface area contributed by atoms with Crippen LogP contribution in [-0.2, 0) is 0 Å². The van der Waals surface area contributed by atoms with Crippen molar-refractivity contribution in [3.8, 4) is 22.3 Å². The summed E-state index contributed by atoms with van der Waals surface area (Å²) in [5.41, 5.74) is -9.62. The average molecular weight is 470 g/mol. The second-order valence-electron chi connectivity index (χ2n) is 5.71. The van der Waals surface area contributed by atoms with Crippen molar-refractivity contribution in [3.63, 3.8) is 0 Å². The summed E-state index contributed by atoms with van der Waals surface area (Å²) in [7, 11) is 0. The topological polar surface area (TPSA) is 0 Å². The van der Waals surface area contributed by atoms with Gasteiger partial charge >= 0.3 is 18.9 Å². The van der Waals surface area contributed by atoms with Gasteiger partial charge < -0.3 is 0 Å². The Morgan fingerprint density at radius 3 is 0.750 bits per heavy atom. The molecule has 0 spiro atoms. The van der Waals surface area contributed by atoms with Crippen LogP contribution in [0.3, 0.4) is 0 Å². The zero-order valence-corrected chi connectivity index (χ0v) is 14.9. The molecule has 0 nitrogen and oxygen atoms in total. The molecule has 0 atom stereocenters. The van der Waals surface area contributed by atoms with Crippen LogP contribution in [0.25, 0.3) is 22.3 Å². The largest absolute Gasteiger partial charge is 1.00 e. The third-order valence-electron chi connectivity index (χ3n) is 4.02. The number of benzene rings is 3. The van der Waals surface area contributed by atoms with Crippen LogP contribution in [0, 0.1) is 81.7 Å². The van der Waals surface area contributed by atoms with Gasteiger partial charge in [0, 0.05) is 17.2 Å². The molecule has 0 N–H and O–H groups in total. The van der Waals surface area contributed by atoms with Gasteiger partial charge in [0.05, 0.1) is 22.8 Å². The molecule has 14 heteroatoms. The van der Waals surface area contributed by atoms with E-state index in [0.717, 1.165) is 6.07 Å². The van der Waals surface area contributed by atoms with Crippen molar-refractivity contribution < 1.29 is 75.9 Å². The van der Waals surface area contributed by atoms with Gasteiger partial charge in [-0.3, -0.25) is 8.78 Å². The summed E-state index contributed by atoms with van der Waals surface area (Å²) in [6.07, 6.45) is 0. The van der Waals surface area contributed by atoms with E-state index in [1.807, 2.05) is 0 Å². The van der Waals surface area contributed by atoms with E-state index in [1.165, 1.54) is 0 Å². The summed E-state index contributed by atoms with van der Waals surface area (Å²) in [6, 6.07) is 0.821. The fraction of sp³-hybridized carbons (Fsp3) is 0. The Hall–Kier alpha value is -2.65. The Morgan fingerprint density at radius 1 is 0.281 bits per heavy atom. The number of hydrogen-bond donors (Lipinski definition) is 0. The first kappa shape index (κ1) is 25.6. The number of rotatable bonds is 2. The predicted molar refractivity (Wildman–Crippen MR) is 75.6 cm³/mol. The molecule has 32 heavy (non-hydrogen) atoms. The first-order valence-electron chi connectivity index (χ1n) is 7.46.